The molecule has 0 unspecified atom stereocenters. The monoisotopic (exact) mass is 474 g/mol. The van der Waals surface area contributed by atoms with Crippen LogP contribution in [0.1, 0.15) is 62.9 Å². The Morgan fingerprint density at radius 1 is 1.00 bits per heavy atom. The normalized spacial score (nSPS) is 11.0. The molecule has 1 aromatic rings. The third kappa shape index (κ3) is 10.6. The molecule has 3 N–H and O–H groups in total. The molecule has 0 aliphatic carbocycles. The van der Waals surface area contributed by atoms with E-state index in [1.54, 1.807) is 0 Å². The molecule has 0 saturated heterocycles. The van der Waals surface area contributed by atoms with Crippen LogP contribution in [0, 0.1) is 5.92 Å². The zero-order chi connectivity index (χ0) is 18.5. The van der Waals surface area contributed by atoms with Gasteiger partial charge < -0.3 is 16.0 Å². The number of rotatable bonds is 10. The second-order valence-electron chi connectivity index (χ2n) is 6.57. The van der Waals surface area contributed by atoms with Crippen LogP contribution in [-0.2, 0) is 6.54 Å². The van der Waals surface area contributed by atoms with Crippen molar-refractivity contribution in [2.75, 3.05) is 19.6 Å². The first kappa shape index (κ1) is 24.7. The predicted octanol–water partition coefficient (Wildman–Crippen LogP) is 3.94. The molecule has 0 aliphatic heterocycles. The highest BCUT2D eigenvalue weighted by molar-refractivity contribution is 14.0. The second kappa shape index (κ2) is 14.8. The summed E-state index contributed by atoms with van der Waals surface area (Å²) in [5, 5.41) is 9.46. The van der Waals surface area contributed by atoms with E-state index in [1.807, 2.05) is 31.2 Å². The van der Waals surface area contributed by atoms with Crippen molar-refractivity contribution in [1.29, 1.82) is 0 Å². The molecule has 0 saturated carbocycles. The van der Waals surface area contributed by atoms with Gasteiger partial charge in [-0.2, -0.15) is 0 Å². The first-order valence-electron chi connectivity index (χ1n) is 9.46. The smallest absolute Gasteiger partial charge is 0.251 e. The van der Waals surface area contributed by atoms with E-state index in [9.17, 15) is 4.79 Å². The number of hydrogen-bond acceptors (Lipinski definition) is 2. The Kier molecular flexibility index (Phi) is 14.1. The van der Waals surface area contributed by atoms with Gasteiger partial charge in [0.25, 0.3) is 5.91 Å². The Balaban J connectivity index is 0.00000625. The maximum absolute atomic E-state index is 11.8. The van der Waals surface area contributed by atoms with E-state index >= 15 is 0 Å². The van der Waals surface area contributed by atoms with Gasteiger partial charge in [0.2, 0.25) is 0 Å². The van der Waals surface area contributed by atoms with Crippen molar-refractivity contribution in [2.45, 2.75) is 53.5 Å². The summed E-state index contributed by atoms with van der Waals surface area (Å²) in [6, 6.07) is 7.62. The van der Waals surface area contributed by atoms with Gasteiger partial charge in [-0.3, -0.25) is 4.79 Å². The van der Waals surface area contributed by atoms with E-state index in [0.29, 0.717) is 18.7 Å². The Morgan fingerprint density at radius 2 is 1.65 bits per heavy atom. The minimum absolute atomic E-state index is 0. The van der Waals surface area contributed by atoms with Crippen LogP contribution < -0.4 is 16.0 Å². The minimum Gasteiger partial charge on any atom is -0.357 e. The lowest BCUT2D eigenvalue weighted by Gasteiger charge is -2.12. The van der Waals surface area contributed by atoms with Crippen LogP contribution in [0.5, 0.6) is 0 Å². The number of guanidine groups is 1. The van der Waals surface area contributed by atoms with Gasteiger partial charge in [-0.25, -0.2) is 4.99 Å². The van der Waals surface area contributed by atoms with Gasteiger partial charge in [-0.05, 0) is 43.9 Å². The van der Waals surface area contributed by atoms with Gasteiger partial charge in [0, 0.05) is 25.2 Å². The summed E-state index contributed by atoms with van der Waals surface area (Å²) in [7, 11) is 0. The molecular formula is C20H35IN4O. The maximum atomic E-state index is 11.8. The number of amides is 1. The molecule has 0 heterocycles. The van der Waals surface area contributed by atoms with Crippen LogP contribution in [0.25, 0.3) is 0 Å². The molecule has 0 radical (unpaired) electrons. The van der Waals surface area contributed by atoms with Gasteiger partial charge in [0.15, 0.2) is 5.96 Å². The molecule has 0 aromatic heterocycles. The second-order valence-corrected chi connectivity index (χ2v) is 6.57. The fourth-order valence-corrected chi connectivity index (χ4v) is 2.42. The maximum Gasteiger partial charge on any atom is 0.251 e. The third-order valence-electron chi connectivity index (χ3n) is 3.82. The van der Waals surface area contributed by atoms with Crippen LogP contribution in [0.4, 0.5) is 0 Å². The molecule has 6 heteroatoms. The Morgan fingerprint density at radius 3 is 2.23 bits per heavy atom. The molecule has 0 aliphatic rings. The molecule has 0 spiro atoms. The topological polar surface area (TPSA) is 65.5 Å². The van der Waals surface area contributed by atoms with E-state index in [1.165, 1.54) is 12.8 Å². The highest BCUT2D eigenvalue weighted by Gasteiger charge is 2.03. The molecule has 0 atom stereocenters. The van der Waals surface area contributed by atoms with Crippen LogP contribution in [0.3, 0.4) is 0 Å². The van der Waals surface area contributed by atoms with Crippen molar-refractivity contribution in [1.82, 2.24) is 16.0 Å². The summed E-state index contributed by atoms with van der Waals surface area (Å²) in [5.41, 5.74) is 1.77. The van der Waals surface area contributed by atoms with Gasteiger partial charge in [0.05, 0.1) is 6.54 Å². The number of unbranched alkanes of at least 4 members (excludes halogenated alkanes) is 1. The highest BCUT2D eigenvalue weighted by atomic mass is 127. The van der Waals surface area contributed by atoms with Gasteiger partial charge in [-0.15, -0.1) is 24.0 Å². The number of benzene rings is 1. The standard InChI is InChI=1S/C20H34N4O.HI/c1-5-21-19(25)18-12-10-17(11-13-18)15-24-20(22-6-2)23-14-8-7-9-16(3)4;/h10-13,16H,5-9,14-15H2,1-4H3,(H,21,25)(H2,22,23,24);1H. The molecular weight excluding hydrogens is 439 g/mol. The Hall–Kier alpha value is -1.31. The first-order chi connectivity index (χ1) is 12.1. The number of nitrogens with zero attached hydrogens (tertiary/aromatic N) is 1. The number of carbonyl (C=O) groups is 1. The molecule has 0 fully saturated rings. The van der Waals surface area contributed by atoms with Crippen LogP contribution in [-0.4, -0.2) is 31.5 Å². The lowest BCUT2D eigenvalue weighted by atomic mass is 10.1. The van der Waals surface area contributed by atoms with Gasteiger partial charge in [0.1, 0.15) is 0 Å². The van der Waals surface area contributed by atoms with Gasteiger partial charge >= 0.3 is 0 Å². The largest absolute Gasteiger partial charge is 0.357 e. The molecule has 26 heavy (non-hydrogen) atoms. The average molecular weight is 474 g/mol. The van der Waals surface area contributed by atoms with E-state index in [4.69, 9.17) is 0 Å². The lowest BCUT2D eigenvalue weighted by Crippen LogP contribution is -2.37. The van der Waals surface area contributed by atoms with Crippen molar-refractivity contribution in [3.8, 4) is 0 Å². The van der Waals surface area contributed by atoms with E-state index in [0.717, 1.165) is 37.0 Å². The summed E-state index contributed by atoms with van der Waals surface area (Å²) in [6.07, 6.45) is 3.67. The first-order valence-corrected chi connectivity index (χ1v) is 9.46. The van der Waals surface area contributed by atoms with Crippen LogP contribution in [0.2, 0.25) is 0 Å². The summed E-state index contributed by atoms with van der Waals surface area (Å²) in [6.45, 7) is 11.5. The summed E-state index contributed by atoms with van der Waals surface area (Å²) in [5.74, 6) is 1.58. The van der Waals surface area contributed by atoms with E-state index in [2.05, 4.69) is 41.7 Å². The average Bonchev–Trinajstić information content (AvgIpc) is 2.59. The summed E-state index contributed by atoms with van der Waals surface area (Å²) < 4.78 is 0. The summed E-state index contributed by atoms with van der Waals surface area (Å²) in [4.78, 5) is 16.4. The molecule has 1 amide bonds. The zero-order valence-corrected chi connectivity index (χ0v) is 18.9. The van der Waals surface area contributed by atoms with Gasteiger partial charge in [-0.1, -0.05) is 38.8 Å². The Labute approximate surface area is 175 Å². The fourth-order valence-electron chi connectivity index (χ4n) is 2.42. The quantitative estimate of drug-likeness (QED) is 0.208. The predicted molar refractivity (Wildman–Crippen MR) is 121 cm³/mol. The molecule has 148 valence electrons. The number of hydrogen-bond donors (Lipinski definition) is 3. The summed E-state index contributed by atoms with van der Waals surface area (Å²) >= 11 is 0. The number of halogens is 1. The van der Waals surface area contributed by atoms with E-state index < -0.39 is 0 Å². The highest BCUT2D eigenvalue weighted by Crippen LogP contribution is 2.06. The molecule has 0 bridgehead atoms. The third-order valence-corrected chi connectivity index (χ3v) is 3.82. The van der Waals surface area contributed by atoms with Crippen molar-refractivity contribution in [2.24, 2.45) is 10.9 Å². The molecule has 1 aromatic carbocycles. The van der Waals surface area contributed by atoms with Crippen LogP contribution >= 0.6 is 24.0 Å². The van der Waals surface area contributed by atoms with Crippen LogP contribution in [0.15, 0.2) is 29.3 Å². The SMILES string of the molecule is CCNC(=O)c1ccc(CN=C(NCC)NCCCCC(C)C)cc1.I. The number of aliphatic imine (C=N–C) groups is 1. The minimum atomic E-state index is -0.0334. The number of nitrogens with one attached hydrogen (secondary N) is 3. The van der Waals surface area contributed by atoms with Crippen molar-refractivity contribution < 1.29 is 4.79 Å². The number of carbonyl (C=O) groups excluding carboxylic acids is 1. The molecule has 5 nitrogen and oxygen atoms in total. The van der Waals surface area contributed by atoms with Crippen molar-refractivity contribution in [3.05, 3.63) is 35.4 Å². The Bertz CT molecular complexity index is 529. The van der Waals surface area contributed by atoms with Crippen molar-refractivity contribution >= 4 is 35.8 Å². The lowest BCUT2D eigenvalue weighted by molar-refractivity contribution is 0.0956. The van der Waals surface area contributed by atoms with Crippen molar-refractivity contribution in [3.63, 3.8) is 0 Å². The molecule has 1 rings (SSSR count). The van der Waals surface area contributed by atoms with E-state index in [-0.39, 0.29) is 29.9 Å². The zero-order valence-electron chi connectivity index (χ0n) is 16.6. The fraction of sp³-hybridized carbons (Fsp3) is 0.600.